The molecule has 1 aromatic carbocycles. The van der Waals surface area contributed by atoms with Gasteiger partial charge in [-0.1, -0.05) is 44.2 Å². The molecule has 1 fully saturated rings. The Balaban J connectivity index is 2.06. The number of aliphatic hydroxyl groups is 1. The van der Waals surface area contributed by atoms with Crippen LogP contribution < -0.4 is 0 Å². The second-order valence-electron chi connectivity index (χ2n) is 6.79. The van der Waals surface area contributed by atoms with E-state index in [9.17, 15) is 9.90 Å². The van der Waals surface area contributed by atoms with Gasteiger partial charge in [0.1, 0.15) is 0 Å². The summed E-state index contributed by atoms with van der Waals surface area (Å²) in [6, 6.07) is 10.1. The molecule has 146 valence electrons. The summed E-state index contributed by atoms with van der Waals surface area (Å²) >= 11 is 3.96. The number of carbonyl (C=O) groups excluding carboxylic acids is 1. The van der Waals surface area contributed by atoms with E-state index < -0.39 is 6.10 Å². The number of esters is 1. The molecule has 1 saturated heterocycles. The second kappa shape index (κ2) is 11.2. The summed E-state index contributed by atoms with van der Waals surface area (Å²) in [6.45, 7) is 4.68. The molecule has 0 amide bonds. The number of ether oxygens (including phenoxy) is 2. The first kappa shape index (κ1) is 21.6. The summed E-state index contributed by atoms with van der Waals surface area (Å²) in [5, 5.41) is 10.5. The van der Waals surface area contributed by atoms with Crippen LogP contribution in [-0.2, 0) is 20.9 Å². The number of carbonyl (C=O) groups is 1. The lowest BCUT2D eigenvalue weighted by Gasteiger charge is -2.37. The molecule has 2 rings (SSSR count). The van der Waals surface area contributed by atoms with Crippen molar-refractivity contribution in [2.45, 2.75) is 50.1 Å². The van der Waals surface area contributed by atoms with Gasteiger partial charge in [-0.05, 0) is 23.5 Å². The van der Waals surface area contributed by atoms with Crippen LogP contribution in [0.25, 0.3) is 0 Å². The van der Waals surface area contributed by atoms with E-state index in [1.165, 1.54) is 25.0 Å². The van der Waals surface area contributed by atoms with E-state index in [-0.39, 0.29) is 30.3 Å². The summed E-state index contributed by atoms with van der Waals surface area (Å²) in [4.78, 5) is 11.6. The fraction of sp³-hybridized carbons (Fsp3) is 0.650. The molecule has 6 heteroatoms. The lowest BCUT2D eigenvalue weighted by Crippen LogP contribution is -2.40. The van der Waals surface area contributed by atoms with Crippen molar-refractivity contribution < 1.29 is 19.4 Å². The molecule has 0 aliphatic carbocycles. The van der Waals surface area contributed by atoms with E-state index in [1.54, 1.807) is 0 Å². The van der Waals surface area contributed by atoms with Gasteiger partial charge in [-0.25, -0.2) is 0 Å². The molecule has 4 nitrogen and oxygen atoms in total. The third kappa shape index (κ3) is 6.48. The van der Waals surface area contributed by atoms with Crippen molar-refractivity contribution >= 4 is 29.5 Å². The number of thioether (sulfide) groups is 2. The van der Waals surface area contributed by atoms with Crippen molar-refractivity contribution in [3.05, 3.63) is 35.9 Å². The molecule has 0 aromatic heterocycles. The molecule has 1 aliphatic rings. The molecule has 0 radical (unpaired) electrons. The van der Waals surface area contributed by atoms with Gasteiger partial charge >= 0.3 is 5.97 Å². The highest BCUT2D eigenvalue weighted by Crippen LogP contribution is 2.40. The maximum absolute atomic E-state index is 11.6. The summed E-state index contributed by atoms with van der Waals surface area (Å²) in [5.74, 6) is 2.08. The van der Waals surface area contributed by atoms with Gasteiger partial charge in [-0.2, -0.15) is 0 Å². The standard InChI is InChI=1S/C20H30O4S2/c1-14(17(21)12-18(22)23-3)19(15(2)20-25-10-7-11-26-20)24-13-16-8-5-4-6-9-16/h4-6,8-9,14-15,17,19-21H,7,10-13H2,1-3H3/t14-,15+,17-,19+/m0/s1. The number of methoxy groups -OCH3 is 1. The van der Waals surface area contributed by atoms with Gasteiger partial charge < -0.3 is 14.6 Å². The van der Waals surface area contributed by atoms with Gasteiger partial charge in [0.05, 0.1) is 36.9 Å². The van der Waals surface area contributed by atoms with Gasteiger partial charge in [0, 0.05) is 11.8 Å². The zero-order chi connectivity index (χ0) is 18.9. The van der Waals surface area contributed by atoms with E-state index in [0.29, 0.717) is 11.2 Å². The van der Waals surface area contributed by atoms with Crippen molar-refractivity contribution in [2.75, 3.05) is 18.6 Å². The first-order chi connectivity index (χ1) is 12.5. The van der Waals surface area contributed by atoms with Gasteiger partial charge in [0.25, 0.3) is 0 Å². The second-order valence-corrected chi connectivity index (χ2v) is 9.59. The number of hydrogen-bond donors (Lipinski definition) is 1. The lowest BCUT2D eigenvalue weighted by atomic mass is 9.88. The Morgan fingerprint density at radius 1 is 1.23 bits per heavy atom. The number of rotatable bonds is 9. The Morgan fingerprint density at radius 3 is 2.50 bits per heavy atom. The third-order valence-corrected chi connectivity index (χ3v) is 8.20. The largest absolute Gasteiger partial charge is 0.469 e. The van der Waals surface area contributed by atoms with Crippen LogP contribution in [0, 0.1) is 11.8 Å². The molecule has 0 unspecified atom stereocenters. The third-order valence-electron chi connectivity index (χ3n) is 4.81. The molecule has 1 heterocycles. The monoisotopic (exact) mass is 398 g/mol. The normalized spacial score (nSPS) is 20.2. The van der Waals surface area contributed by atoms with Crippen LogP contribution in [0.15, 0.2) is 30.3 Å². The minimum absolute atomic E-state index is 0.000532. The SMILES string of the molecule is COC(=O)C[C@H](O)[C@H](C)[C@@H](OCc1ccccc1)[C@@H](C)C1SCCCS1. The average molecular weight is 399 g/mol. The Kier molecular flexibility index (Phi) is 9.33. The number of benzene rings is 1. The molecule has 4 atom stereocenters. The highest BCUT2D eigenvalue weighted by atomic mass is 32.2. The molecular weight excluding hydrogens is 368 g/mol. The van der Waals surface area contributed by atoms with Crippen molar-refractivity contribution in [1.82, 2.24) is 0 Å². The summed E-state index contributed by atoms with van der Waals surface area (Å²) in [5.41, 5.74) is 1.11. The van der Waals surface area contributed by atoms with Gasteiger partial charge in [0.15, 0.2) is 0 Å². The fourth-order valence-electron chi connectivity index (χ4n) is 3.17. The van der Waals surface area contributed by atoms with E-state index in [1.807, 2.05) is 60.8 Å². The quantitative estimate of drug-likeness (QED) is 0.636. The predicted octanol–water partition coefficient (Wildman–Crippen LogP) is 3.96. The van der Waals surface area contributed by atoms with Crippen LogP contribution in [0.2, 0.25) is 0 Å². The highest BCUT2D eigenvalue weighted by molar-refractivity contribution is 8.17. The van der Waals surface area contributed by atoms with Crippen LogP contribution in [0.4, 0.5) is 0 Å². The van der Waals surface area contributed by atoms with Crippen molar-refractivity contribution in [2.24, 2.45) is 11.8 Å². The molecule has 0 bridgehead atoms. The molecule has 1 N–H and O–H groups in total. The van der Waals surface area contributed by atoms with Gasteiger partial charge in [-0.15, -0.1) is 23.5 Å². The van der Waals surface area contributed by atoms with Crippen molar-refractivity contribution in [1.29, 1.82) is 0 Å². The molecule has 26 heavy (non-hydrogen) atoms. The highest BCUT2D eigenvalue weighted by Gasteiger charge is 2.36. The van der Waals surface area contributed by atoms with Crippen LogP contribution in [-0.4, -0.2) is 46.5 Å². The summed E-state index contributed by atoms with van der Waals surface area (Å²) < 4.78 is 11.5. The van der Waals surface area contributed by atoms with Gasteiger partial charge in [-0.3, -0.25) is 4.79 Å². The van der Waals surface area contributed by atoms with Crippen LogP contribution >= 0.6 is 23.5 Å². The van der Waals surface area contributed by atoms with E-state index in [0.717, 1.165) is 5.56 Å². The minimum atomic E-state index is -0.774. The number of hydrogen-bond acceptors (Lipinski definition) is 6. The predicted molar refractivity (Wildman–Crippen MR) is 109 cm³/mol. The maximum atomic E-state index is 11.6. The van der Waals surface area contributed by atoms with E-state index in [2.05, 4.69) is 6.92 Å². The molecule has 0 saturated carbocycles. The van der Waals surface area contributed by atoms with Crippen LogP contribution in [0.5, 0.6) is 0 Å². The maximum Gasteiger partial charge on any atom is 0.308 e. The zero-order valence-electron chi connectivity index (χ0n) is 15.8. The molecule has 1 aromatic rings. The first-order valence-corrected chi connectivity index (χ1v) is 11.3. The molecular formula is C20H30O4S2. The fourth-order valence-corrected chi connectivity index (χ4v) is 6.32. The van der Waals surface area contributed by atoms with Crippen molar-refractivity contribution in [3.63, 3.8) is 0 Å². The average Bonchev–Trinajstić information content (AvgIpc) is 2.69. The van der Waals surface area contributed by atoms with E-state index in [4.69, 9.17) is 9.47 Å². The smallest absolute Gasteiger partial charge is 0.308 e. The van der Waals surface area contributed by atoms with Crippen LogP contribution in [0.1, 0.15) is 32.3 Å². The molecule has 1 aliphatic heterocycles. The number of aliphatic hydroxyl groups excluding tert-OH is 1. The summed E-state index contributed by atoms with van der Waals surface area (Å²) in [7, 11) is 1.35. The van der Waals surface area contributed by atoms with Crippen LogP contribution in [0.3, 0.4) is 0 Å². The Morgan fingerprint density at radius 2 is 1.88 bits per heavy atom. The minimum Gasteiger partial charge on any atom is -0.469 e. The summed E-state index contributed by atoms with van der Waals surface area (Å²) in [6.07, 6.45) is 0.344. The van der Waals surface area contributed by atoms with Gasteiger partial charge in [0.2, 0.25) is 0 Å². The first-order valence-electron chi connectivity index (χ1n) is 9.16. The van der Waals surface area contributed by atoms with E-state index >= 15 is 0 Å². The Bertz CT molecular complexity index is 534. The zero-order valence-corrected chi connectivity index (χ0v) is 17.4. The Hall–Kier alpha value is -0.690. The topological polar surface area (TPSA) is 55.8 Å². The lowest BCUT2D eigenvalue weighted by molar-refractivity contribution is -0.145. The van der Waals surface area contributed by atoms with Crippen molar-refractivity contribution in [3.8, 4) is 0 Å². The molecule has 0 spiro atoms. The Labute approximate surface area is 165 Å².